The Morgan fingerprint density at radius 3 is 2.50 bits per heavy atom. The fourth-order valence-electron chi connectivity index (χ4n) is 1.80. The summed E-state index contributed by atoms with van der Waals surface area (Å²) in [4.78, 5) is 25.5. The number of carboxylic acid groups (broad SMARTS) is 1. The van der Waals surface area contributed by atoms with Crippen molar-refractivity contribution in [3.05, 3.63) is 30.3 Å². The highest BCUT2D eigenvalue weighted by atomic mass is 32.2. The number of aliphatic carboxylic acids is 1. The van der Waals surface area contributed by atoms with Crippen LogP contribution < -0.4 is 0 Å². The Morgan fingerprint density at radius 2 is 1.95 bits per heavy atom. The van der Waals surface area contributed by atoms with Gasteiger partial charge in [-0.15, -0.1) is 11.8 Å². The summed E-state index contributed by atoms with van der Waals surface area (Å²) < 4.78 is 0. The summed E-state index contributed by atoms with van der Waals surface area (Å²) in [6.07, 6.45) is 1.34. The minimum Gasteiger partial charge on any atom is -0.481 e. The van der Waals surface area contributed by atoms with Crippen molar-refractivity contribution in [1.82, 2.24) is 4.90 Å². The molecule has 20 heavy (non-hydrogen) atoms. The van der Waals surface area contributed by atoms with Crippen LogP contribution in [0, 0.1) is 0 Å². The molecular weight excluding hydrogens is 274 g/mol. The second-order valence-corrected chi connectivity index (χ2v) is 5.86. The van der Waals surface area contributed by atoms with Gasteiger partial charge in [0.25, 0.3) is 0 Å². The van der Waals surface area contributed by atoms with Gasteiger partial charge < -0.3 is 10.0 Å². The highest BCUT2D eigenvalue weighted by Crippen LogP contribution is 2.26. The fourth-order valence-corrected chi connectivity index (χ4v) is 2.89. The van der Waals surface area contributed by atoms with Crippen LogP contribution in [0.1, 0.15) is 26.2 Å². The Kier molecular flexibility index (Phi) is 7.15. The van der Waals surface area contributed by atoms with E-state index in [9.17, 15) is 9.59 Å². The van der Waals surface area contributed by atoms with Gasteiger partial charge in [-0.25, -0.2) is 0 Å². The molecule has 1 aromatic rings. The van der Waals surface area contributed by atoms with E-state index in [1.165, 1.54) is 0 Å². The molecule has 0 aromatic heterocycles. The molecule has 110 valence electrons. The summed E-state index contributed by atoms with van der Waals surface area (Å²) in [5.41, 5.74) is 0. The number of hydrogen-bond donors (Lipinski definition) is 1. The van der Waals surface area contributed by atoms with Crippen LogP contribution >= 0.6 is 11.8 Å². The molecule has 0 aliphatic rings. The van der Waals surface area contributed by atoms with Gasteiger partial charge in [0.15, 0.2) is 0 Å². The van der Waals surface area contributed by atoms with Gasteiger partial charge in [-0.1, -0.05) is 25.1 Å². The van der Waals surface area contributed by atoms with Gasteiger partial charge in [0.1, 0.15) is 0 Å². The molecule has 0 saturated carbocycles. The molecule has 1 atom stereocenters. The van der Waals surface area contributed by atoms with Gasteiger partial charge in [0, 0.05) is 24.9 Å². The molecule has 1 unspecified atom stereocenters. The third kappa shape index (κ3) is 5.65. The van der Waals surface area contributed by atoms with Crippen LogP contribution in [0.25, 0.3) is 0 Å². The van der Waals surface area contributed by atoms with Crippen molar-refractivity contribution in [2.45, 2.75) is 36.3 Å². The zero-order valence-electron chi connectivity index (χ0n) is 11.9. The van der Waals surface area contributed by atoms with Crippen molar-refractivity contribution < 1.29 is 14.7 Å². The largest absolute Gasteiger partial charge is 0.481 e. The number of carbonyl (C=O) groups excluding carboxylic acids is 1. The lowest BCUT2D eigenvalue weighted by Gasteiger charge is -2.22. The van der Waals surface area contributed by atoms with E-state index in [0.29, 0.717) is 13.0 Å². The van der Waals surface area contributed by atoms with E-state index < -0.39 is 5.97 Å². The number of hydrogen-bond acceptors (Lipinski definition) is 3. The zero-order valence-corrected chi connectivity index (χ0v) is 12.7. The molecule has 0 saturated heterocycles. The molecule has 1 N–H and O–H groups in total. The highest BCUT2D eigenvalue weighted by molar-refractivity contribution is 8.00. The monoisotopic (exact) mass is 295 g/mol. The van der Waals surface area contributed by atoms with Gasteiger partial charge >= 0.3 is 5.97 Å². The van der Waals surface area contributed by atoms with Crippen molar-refractivity contribution in [1.29, 1.82) is 0 Å². The van der Waals surface area contributed by atoms with E-state index in [0.717, 1.165) is 11.3 Å². The molecule has 1 rings (SSSR count). The number of nitrogens with zero attached hydrogens (tertiary/aromatic N) is 1. The van der Waals surface area contributed by atoms with Gasteiger partial charge in [-0.3, -0.25) is 9.59 Å². The SMILES string of the molecule is CCC(Sc1ccccc1)C(=O)N(C)CCCC(=O)O. The van der Waals surface area contributed by atoms with E-state index in [2.05, 4.69) is 0 Å². The Hall–Kier alpha value is -1.49. The van der Waals surface area contributed by atoms with Crippen LogP contribution in [0.15, 0.2) is 35.2 Å². The zero-order chi connectivity index (χ0) is 15.0. The van der Waals surface area contributed by atoms with Crippen molar-refractivity contribution in [3.8, 4) is 0 Å². The molecular formula is C15H21NO3S. The maximum atomic E-state index is 12.3. The molecule has 1 aromatic carbocycles. The second kappa shape index (κ2) is 8.64. The number of carbonyl (C=O) groups is 2. The third-order valence-electron chi connectivity index (χ3n) is 2.93. The van der Waals surface area contributed by atoms with Crippen LogP contribution in [0.3, 0.4) is 0 Å². The van der Waals surface area contributed by atoms with E-state index in [1.54, 1.807) is 23.7 Å². The minimum atomic E-state index is -0.823. The summed E-state index contributed by atoms with van der Waals surface area (Å²) >= 11 is 1.56. The number of amides is 1. The van der Waals surface area contributed by atoms with Crippen LogP contribution in [-0.2, 0) is 9.59 Å². The summed E-state index contributed by atoms with van der Waals surface area (Å²) in [5, 5.41) is 8.49. The number of carboxylic acids is 1. The van der Waals surface area contributed by atoms with E-state index >= 15 is 0 Å². The Labute approximate surface area is 124 Å². The van der Waals surface area contributed by atoms with Gasteiger partial charge in [0.2, 0.25) is 5.91 Å². The number of thioether (sulfide) groups is 1. The maximum absolute atomic E-state index is 12.3. The van der Waals surface area contributed by atoms with E-state index in [4.69, 9.17) is 5.11 Å². The summed E-state index contributed by atoms with van der Waals surface area (Å²) in [6, 6.07) is 9.84. The number of rotatable bonds is 8. The third-order valence-corrected chi connectivity index (χ3v) is 4.29. The first kappa shape index (κ1) is 16.6. The van der Waals surface area contributed by atoms with Gasteiger partial charge in [0.05, 0.1) is 5.25 Å². The lowest BCUT2D eigenvalue weighted by atomic mass is 10.2. The predicted molar refractivity (Wildman–Crippen MR) is 80.9 cm³/mol. The van der Waals surface area contributed by atoms with Gasteiger partial charge in [-0.05, 0) is 25.0 Å². The minimum absolute atomic E-state index is 0.0618. The Balaban J connectivity index is 2.51. The average molecular weight is 295 g/mol. The number of benzene rings is 1. The molecule has 5 heteroatoms. The fraction of sp³-hybridized carbons (Fsp3) is 0.467. The Bertz CT molecular complexity index is 436. The summed E-state index contributed by atoms with van der Waals surface area (Å²) in [7, 11) is 1.73. The van der Waals surface area contributed by atoms with Crippen molar-refractivity contribution >= 4 is 23.6 Å². The van der Waals surface area contributed by atoms with Crippen molar-refractivity contribution in [2.24, 2.45) is 0 Å². The standard InChI is InChI=1S/C15H21NO3S/c1-3-13(20-12-8-5-4-6-9-12)15(19)16(2)11-7-10-14(17)18/h4-6,8-9,13H,3,7,10-11H2,1-2H3,(H,17,18). The van der Waals surface area contributed by atoms with Crippen LogP contribution in [0.4, 0.5) is 0 Å². The average Bonchev–Trinajstić information content (AvgIpc) is 2.44. The lowest BCUT2D eigenvalue weighted by molar-refractivity contribution is -0.138. The van der Waals surface area contributed by atoms with Crippen LogP contribution in [0.5, 0.6) is 0 Å². The molecule has 0 bridgehead atoms. The molecule has 0 aliphatic carbocycles. The first-order chi connectivity index (χ1) is 9.54. The van der Waals surface area contributed by atoms with Crippen molar-refractivity contribution in [2.75, 3.05) is 13.6 Å². The van der Waals surface area contributed by atoms with Crippen LogP contribution in [-0.4, -0.2) is 40.7 Å². The maximum Gasteiger partial charge on any atom is 0.303 e. The molecule has 4 nitrogen and oxygen atoms in total. The molecule has 0 aliphatic heterocycles. The smallest absolute Gasteiger partial charge is 0.303 e. The normalized spacial score (nSPS) is 11.9. The van der Waals surface area contributed by atoms with E-state index in [-0.39, 0.29) is 17.6 Å². The molecule has 0 fully saturated rings. The Morgan fingerprint density at radius 1 is 1.30 bits per heavy atom. The van der Waals surface area contributed by atoms with Crippen LogP contribution in [0.2, 0.25) is 0 Å². The molecule has 0 radical (unpaired) electrons. The highest BCUT2D eigenvalue weighted by Gasteiger charge is 2.21. The first-order valence-electron chi connectivity index (χ1n) is 6.73. The topological polar surface area (TPSA) is 57.6 Å². The molecule has 0 spiro atoms. The quantitative estimate of drug-likeness (QED) is 0.749. The predicted octanol–water partition coefficient (Wildman–Crippen LogP) is 2.88. The first-order valence-corrected chi connectivity index (χ1v) is 7.61. The molecule has 1 amide bonds. The van der Waals surface area contributed by atoms with Crippen molar-refractivity contribution in [3.63, 3.8) is 0 Å². The lowest BCUT2D eigenvalue weighted by Crippen LogP contribution is -2.35. The van der Waals surface area contributed by atoms with Gasteiger partial charge in [-0.2, -0.15) is 0 Å². The summed E-state index contributed by atoms with van der Waals surface area (Å²) in [6.45, 7) is 2.47. The molecule has 0 heterocycles. The summed E-state index contributed by atoms with van der Waals surface area (Å²) in [5.74, 6) is -0.761. The second-order valence-electron chi connectivity index (χ2n) is 4.58. The van der Waals surface area contributed by atoms with E-state index in [1.807, 2.05) is 37.3 Å².